The van der Waals surface area contributed by atoms with Crippen molar-refractivity contribution in [3.8, 4) is 0 Å². The predicted octanol–water partition coefficient (Wildman–Crippen LogP) is 0.0825. The van der Waals surface area contributed by atoms with Crippen molar-refractivity contribution < 1.29 is 14.7 Å². The van der Waals surface area contributed by atoms with Gasteiger partial charge in [0, 0.05) is 30.1 Å². The summed E-state index contributed by atoms with van der Waals surface area (Å²) in [7, 11) is 0. The van der Waals surface area contributed by atoms with Crippen LogP contribution in [-0.4, -0.2) is 46.6 Å². The number of nitrogens with two attached hydrogens (primary N) is 3. The first-order valence-corrected chi connectivity index (χ1v) is 8.27. The van der Waals surface area contributed by atoms with Gasteiger partial charge in [-0.2, -0.15) is 0 Å². The van der Waals surface area contributed by atoms with Crippen LogP contribution in [0.15, 0.2) is 35.5 Å². The van der Waals surface area contributed by atoms with E-state index < -0.39 is 24.0 Å². The molecule has 0 radical (unpaired) electrons. The van der Waals surface area contributed by atoms with Gasteiger partial charge in [-0.25, -0.2) is 4.79 Å². The summed E-state index contributed by atoms with van der Waals surface area (Å²) in [5, 5.41) is 12.9. The maximum absolute atomic E-state index is 12.2. The van der Waals surface area contributed by atoms with Gasteiger partial charge in [-0.05, 0) is 24.5 Å². The van der Waals surface area contributed by atoms with E-state index >= 15 is 0 Å². The lowest BCUT2D eigenvalue weighted by atomic mass is 10.0. The number of benzene rings is 1. The van der Waals surface area contributed by atoms with Crippen LogP contribution in [0.2, 0.25) is 0 Å². The molecule has 0 saturated carbocycles. The Bertz CT molecular complexity index is 803. The Balaban J connectivity index is 0.00000364. The summed E-state index contributed by atoms with van der Waals surface area (Å²) < 4.78 is 0. The number of nitrogens with one attached hydrogen (secondary N) is 2. The van der Waals surface area contributed by atoms with Crippen LogP contribution in [0.25, 0.3) is 10.9 Å². The Kier molecular flexibility index (Phi) is 8.57. The number of halogens is 1. The van der Waals surface area contributed by atoms with Gasteiger partial charge in [0.15, 0.2) is 5.96 Å². The second-order valence-electron chi connectivity index (χ2n) is 6.02. The minimum absolute atomic E-state index is 0. The maximum Gasteiger partial charge on any atom is 0.326 e. The fourth-order valence-electron chi connectivity index (χ4n) is 2.65. The van der Waals surface area contributed by atoms with E-state index in [9.17, 15) is 14.7 Å². The lowest BCUT2D eigenvalue weighted by Gasteiger charge is -2.17. The summed E-state index contributed by atoms with van der Waals surface area (Å²) in [5.74, 6) is -1.65. The lowest BCUT2D eigenvalue weighted by Crippen LogP contribution is -2.49. The zero-order chi connectivity index (χ0) is 19.1. The number of nitrogens with zero attached hydrogens (tertiary/aromatic N) is 1. The van der Waals surface area contributed by atoms with Crippen molar-refractivity contribution in [2.45, 2.75) is 31.3 Å². The minimum Gasteiger partial charge on any atom is -0.480 e. The van der Waals surface area contributed by atoms with Gasteiger partial charge >= 0.3 is 5.97 Å². The third-order valence-corrected chi connectivity index (χ3v) is 4.02. The van der Waals surface area contributed by atoms with Crippen molar-refractivity contribution >= 4 is 41.1 Å². The highest BCUT2D eigenvalue weighted by molar-refractivity contribution is 5.88. The van der Waals surface area contributed by atoms with E-state index in [1.807, 2.05) is 24.3 Å². The SMILES string of the molecule is Cl.NC(N)=NCCC[C@H](N)C(=O)N[C@@H](Cc1c[nH]c2ccccc12)C(=O)O. The second kappa shape index (κ2) is 10.4. The number of carboxylic acids is 1. The summed E-state index contributed by atoms with van der Waals surface area (Å²) in [6, 6.07) is 5.68. The molecule has 0 unspecified atom stereocenters. The summed E-state index contributed by atoms with van der Waals surface area (Å²) in [5.41, 5.74) is 18.0. The Labute approximate surface area is 162 Å². The topological polar surface area (TPSA) is 173 Å². The molecule has 9 nitrogen and oxygen atoms in total. The summed E-state index contributed by atoms with van der Waals surface area (Å²) >= 11 is 0. The van der Waals surface area contributed by atoms with Crippen molar-refractivity contribution in [2.75, 3.05) is 6.54 Å². The van der Waals surface area contributed by atoms with E-state index in [2.05, 4.69) is 15.3 Å². The van der Waals surface area contributed by atoms with Crippen LogP contribution in [0.5, 0.6) is 0 Å². The molecule has 2 aromatic rings. The number of aliphatic imine (C=N–C) groups is 1. The van der Waals surface area contributed by atoms with Gasteiger partial charge in [-0.1, -0.05) is 18.2 Å². The Morgan fingerprint density at radius 2 is 1.96 bits per heavy atom. The van der Waals surface area contributed by atoms with E-state index in [1.54, 1.807) is 6.20 Å². The molecule has 1 aromatic carbocycles. The van der Waals surface area contributed by atoms with Crippen LogP contribution in [0, 0.1) is 0 Å². The molecule has 0 aliphatic heterocycles. The number of aliphatic carboxylic acids is 1. The van der Waals surface area contributed by atoms with Crippen molar-refractivity contribution in [1.82, 2.24) is 10.3 Å². The predicted molar refractivity (Wildman–Crippen MR) is 107 cm³/mol. The molecule has 0 bridgehead atoms. The molecule has 2 atom stereocenters. The number of aromatic amines is 1. The molecule has 1 heterocycles. The van der Waals surface area contributed by atoms with Crippen LogP contribution < -0.4 is 22.5 Å². The number of H-pyrrole nitrogens is 1. The van der Waals surface area contributed by atoms with Crippen LogP contribution in [0.1, 0.15) is 18.4 Å². The molecule has 10 heteroatoms. The number of carbonyl (C=O) groups is 2. The third kappa shape index (κ3) is 6.46. The van der Waals surface area contributed by atoms with Gasteiger partial charge in [0.1, 0.15) is 6.04 Å². The number of aromatic nitrogens is 1. The van der Waals surface area contributed by atoms with Crippen molar-refractivity contribution in [3.63, 3.8) is 0 Å². The van der Waals surface area contributed by atoms with E-state index in [0.29, 0.717) is 19.4 Å². The number of hydrogen-bond acceptors (Lipinski definition) is 4. The largest absolute Gasteiger partial charge is 0.480 e. The van der Waals surface area contributed by atoms with Gasteiger partial charge in [-0.3, -0.25) is 9.79 Å². The highest BCUT2D eigenvalue weighted by Crippen LogP contribution is 2.19. The smallest absolute Gasteiger partial charge is 0.326 e. The van der Waals surface area contributed by atoms with Gasteiger partial charge in [0.05, 0.1) is 6.04 Å². The van der Waals surface area contributed by atoms with Gasteiger partial charge in [0.25, 0.3) is 0 Å². The van der Waals surface area contributed by atoms with Crippen LogP contribution >= 0.6 is 12.4 Å². The highest BCUT2D eigenvalue weighted by atomic mass is 35.5. The molecule has 0 aliphatic rings. The molecular weight excluding hydrogens is 372 g/mol. The summed E-state index contributed by atoms with van der Waals surface area (Å²) in [6.07, 6.45) is 2.78. The average molecular weight is 397 g/mol. The second-order valence-corrected chi connectivity index (χ2v) is 6.02. The summed E-state index contributed by atoms with van der Waals surface area (Å²) in [4.78, 5) is 30.6. The monoisotopic (exact) mass is 396 g/mol. The molecular formula is C17H25ClN6O3. The first-order valence-electron chi connectivity index (χ1n) is 8.27. The van der Waals surface area contributed by atoms with Crippen LogP contribution in [-0.2, 0) is 16.0 Å². The van der Waals surface area contributed by atoms with E-state index in [-0.39, 0.29) is 24.8 Å². The Morgan fingerprint density at radius 3 is 2.63 bits per heavy atom. The number of fused-ring (bicyclic) bond motifs is 1. The molecule has 9 N–H and O–H groups in total. The lowest BCUT2D eigenvalue weighted by molar-refractivity contribution is -0.142. The van der Waals surface area contributed by atoms with Gasteiger partial charge in [0.2, 0.25) is 5.91 Å². The van der Waals surface area contributed by atoms with E-state index in [4.69, 9.17) is 17.2 Å². The molecule has 0 spiro atoms. The zero-order valence-corrected chi connectivity index (χ0v) is 15.5. The minimum atomic E-state index is -1.11. The van der Waals surface area contributed by atoms with Crippen LogP contribution in [0.4, 0.5) is 0 Å². The average Bonchev–Trinajstić information content (AvgIpc) is 3.00. The molecule has 27 heavy (non-hydrogen) atoms. The molecule has 148 valence electrons. The fourth-order valence-corrected chi connectivity index (χ4v) is 2.65. The number of rotatable bonds is 9. The van der Waals surface area contributed by atoms with Crippen molar-refractivity contribution in [3.05, 3.63) is 36.0 Å². The molecule has 0 saturated heterocycles. The maximum atomic E-state index is 12.2. The number of guanidine groups is 1. The molecule has 0 fully saturated rings. The number of hydrogen-bond donors (Lipinski definition) is 6. The van der Waals surface area contributed by atoms with Crippen molar-refractivity contribution in [1.29, 1.82) is 0 Å². The highest BCUT2D eigenvalue weighted by Gasteiger charge is 2.24. The molecule has 0 aliphatic carbocycles. The van der Waals surface area contributed by atoms with E-state index in [0.717, 1.165) is 16.5 Å². The number of carbonyl (C=O) groups excluding carboxylic acids is 1. The Morgan fingerprint density at radius 1 is 1.26 bits per heavy atom. The molecule has 1 aromatic heterocycles. The molecule has 1 amide bonds. The Hall–Kier alpha value is -2.78. The first kappa shape index (κ1) is 22.3. The number of carboxylic acid groups (broad SMARTS) is 1. The third-order valence-electron chi connectivity index (χ3n) is 4.02. The van der Waals surface area contributed by atoms with Crippen molar-refractivity contribution in [2.24, 2.45) is 22.2 Å². The number of amides is 1. The van der Waals surface area contributed by atoms with Gasteiger partial charge in [-0.15, -0.1) is 12.4 Å². The molecule has 2 rings (SSSR count). The van der Waals surface area contributed by atoms with Crippen LogP contribution in [0.3, 0.4) is 0 Å². The van der Waals surface area contributed by atoms with E-state index in [1.165, 1.54) is 0 Å². The zero-order valence-electron chi connectivity index (χ0n) is 14.7. The summed E-state index contributed by atoms with van der Waals surface area (Å²) in [6.45, 7) is 0.362. The first-order chi connectivity index (χ1) is 12.4. The normalized spacial score (nSPS) is 12.6. The fraction of sp³-hybridized carbons (Fsp3) is 0.353. The quantitative estimate of drug-likeness (QED) is 0.199. The van der Waals surface area contributed by atoms with Gasteiger partial charge < -0.3 is 32.6 Å². The standard InChI is InChI=1S/C17H24N6O3.ClH/c18-12(5-3-7-21-17(19)20)15(24)23-14(16(25)26)8-10-9-22-13-6-2-1-4-11(10)13;/h1-2,4,6,9,12,14,22H,3,5,7-8,18H2,(H,23,24)(H,25,26)(H4,19,20,21);1H/t12-,14-;/m0./s1. The number of para-hydroxylation sites is 1.